The number of ether oxygens (including phenoxy) is 1. The van der Waals surface area contributed by atoms with Crippen LogP contribution in [-0.4, -0.2) is 47.0 Å². The standard InChI is InChI=1S/C21H23N3O4/c1-12-7-8-17-15(11-12)18(14-5-3-4-6-16(14)23-17)20(26)28-13(2)19(25)24-10-9-22-21(24)27/h3-6,12-13H,7-11H2,1-2H3,(H,22,27)/t12-,13+/m0/s1. The van der Waals surface area contributed by atoms with Crippen LogP contribution in [0.1, 0.15) is 41.9 Å². The molecule has 7 nitrogen and oxygen atoms in total. The van der Waals surface area contributed by atoms with Gasteiger partial charge in [0.05, 0.1) is 11.1 Å². The third-order valence-electron chi connectivity index (χ3n) is 5.46. The topological polar surface area (TPSA) is 88.6 Å². The quantitative estimate of drug-likeness (QED) is 0.825. The fraction of sp³-hybridized carbons (Fsp3) is 0.429. The lowest BCUT2D eigenvalue weighted by Gasteiger charge is -2.25. The van der Waals surface area contributed by atoms with E-state index in [0.29, 0.717) is 18.0 Å². The Hall–Kier alpha value is -2.96. The summed E-state index contributed by atoms with van der Waals surface area (Å²) in [7, 11) is 0. The molecule has 0 spiro atoms. The van der Waals surface area contributed by atoms with Gasteiger partial charge in [-0.1, -0.05) is 25.1 Å². The van der Waals surface area contributed by atoms with E-state index in [1.165, 1.54) is 6.92 Å². The van der Waals surface area contributed by atoms with Crippen LogP contribution in [0.3, 0.4) is 0 Å². The van der Waals surface area contributed by atoms with Crippen LogP contribution in [0.15, 0.2) is 24.3 Å². The first kappa shape index (κ1) is 18.4. The number of imide groups is 1. The van der Waals surface area contributed by atoms with Crippen LogP contribution in [0.4, 0.5) is 4.79 Å². The molecule has 1 fully saturated rings. The van der Waals surface area contributed by atoms with Gasteiger partial charge in [-0.25, -0.2) is 9.59 Å². The number of nitrogens with zero attached hydrogens (tertiary/aromatic N) is 2. The molecule has 2 atom stereocenters. The minimum Gasteiger partial charge on any atom is -0.449 e. The predicted octanol–water partition coefficient (Wildman–Crippen LogP) is 2.46. The maximum absolute atomic E-state index is 13.1. The fourth-order valence-corrected chi connectivity index (χ4v) is 3.97. The molecule has 2 aromatic rings. The summed E-state index contributed by atoms with van der Waals surface area (Å²) in [6.07, 6.45) is 1.57. The zero-order chi connectivity index (χ0) is 19.8. The molecule has 0 radical (unpaired) electrons. The van der Waals surface area contributed by atoms with Crippen LogP contribution in [0, 0.1) is 5.92 Å². The number of para-hydroxylation sites is 1. The van der Waals surface area contributed by atoms with Crippen LogP contribution in [0.25, 0.3) is 10.9 Å². The summed E-state index contributed by atoms with van der Waals surface area (Å²) in [5.74, 6) is -0.595. The number of carbonyl (C=O) groups excluding carboxylic acids is 3. The van der Waals surface area contributed by atoms with E-state index < -0.39 is 24.0 Å². The molecule has 1 N–H and O–H groups in total. The maximum atomic E-state index is 13.1. The normalized spacial score (nSPS) is 19.9. The van der Waals surface area contributed by atoms with E-state index >= 15 is 0 Å². The molecule has 4 rings (SSSR count). The van der Waals surface area contributed by atoms with Crippen LogP contribution in [-0.2, 0) is 22.4 Å². The molecule has 1 aromatic carbocycles. The fourth-order valence-electron chi connectivity index (χ4n) is 3.97. The number of esters is 1. The highest BCUT2D eigenvalue weighted by molar-refractivity contribution is 6.06. The van der Waals surface area contributed by atoms with E-state index in [1.807, 2.05) is 24.3 Å². The number of pyridine rings is 1. The third kappa shape index (κ3) is 3.21. The van der Waals surface area contributed by atoms with Gasteiger partial charge in [0.1, 0.15) is 0 Å². The molecule has 2 heterocycles. The van der Waals surface area contributed by atoms with Gasteiger partial charge in [-0.2, -0.15) is 0 Å². The van der Waals surface area contributed by atoms with Crippen LogP contribution < -0.4 is 5.32 Å². The Kier molecular flexibility index (Phi) is 4.75. The SMILES string of the molecule is C[C@H]1CCc2nc3ccccc3c(C(=O)O[C@H](C)C(=O)N3CCNC3=O)c2C1. The average molecular weight is 381 g/mol. The largest absolute Gasteiger partial charge is 0.449 e. The zero-order valence-electron chi connectivity index (χ0n) is 16.0. The van der Waals surface area contributed by atoms with Crippen molar-refractivity contribution in [3.05, 3.63) is 41.1 Å². The highest BCUT2D eigenvalue weighted by Crippen LogP contribution is 2.32. The smallest absolute Gasteiger partial charge is 0.339 e. The van der Waals surface area contributed by atoms with E-state index in [9.17, 15) is 14.4 Å². The number of amides is 3. The number of urea groups is 1. The van der Waals surface area contributed by atoms with Crippen molar-refractivity contribution < 1.29 is 19.1 Å². The monoisotopic (exact) mass is 381 g/mol. The molecule has 2 aliphatic rings. The molecular formula is C21H23N3O4. The lowest BCUT2D eigenvalue weighted by Crippen LogP contribution is -2.42. The molecular weight excluding hydrogens is 358 g/mol. The summed E-state index contributed by atoms with van der Waals surface area (Å²) < 4.78 is 5.53. The van der Waals surface area contributed by atoms with Crippen LogP contribution in [0.2, 0.25) is 0 Å². The first-order valence-electron chi connectivity index (χ1n) is 9.66. The Bertz CT molecular complexity index is 972. The second kappa shape index (κ2) is 7.22. The highest BCUT2D eigenvalue weighted by Gasteiger charge is 2.33. The van der Waals surface area contributed by atoms with Gasteiger partial charge < -0.3 is 10.1 Å². The Balaban J connectivity index is 1.67. The van der Waals surface area contributed by atoms with Crippen molar-refractivity contribution >= 4 is 28.8 Å². The molecule has 3 amide bonds. The van der Waals surface area contributed by atoms with E-state index in [2.05, 4.69) is 12.2 Å². The number of rotatable bonds is 3. The number of carbonyl (C=O) groups is 3. The molecule has 1 aromatic heterocycles. The first-order valence-corrected chi connectivity index (χ1v) is 9.66. The second-order valence-corrected chi connectivity index (χ2v) is 7.55. The second-order valence-electron chi connectivity index (χ2n) is 7.55. The van der Waals surface area contributed by atoms with E-state index in [1.54, 1.807) is 0 Å². The molecule has 0 unspecified atom stereocenters. The van der Waals surface area contributed by atoms with Crippen molar-refractivity contribution in [1.82, 2.24) is 15.2 Å². The number of fused-ring (bicyclic) bond motifs is 2. The molecule has 7 heteroatoms. The van der Waals surface area contributed by atoms with Gasteiger partial charge in [0.25, 0.3) is 5.91 Å². The summed E-state index contributed by atoms with van der Waals surface area (Å²) in [6.45, 7) is 4.35. The van der Waals surface area contributed by atoms with Crippen molar-refractivity contribution in [2.45, 2.75) is 39.2 Å². The minimum absolute atomic E-state index is 0.282. The van der Waals surface area contributed by atoms with Gasteiger partial charge in [0.15, 0.2) is 6.10 Å². The summed E-state index contributed by atoms with van der Waals surface area (Å²) in [5, 5.41) is 3.31. The van der Waals surface area contributed by atoms with Crippen LogP contribution in [0.5, 0.6) is 0 Å². The molecule has 1 aliphatic heterocycles. The average Bonchev–Trinajstić information content (AvgIpc) is 3.11. The van der Waals surface area contributed by atoms with Gasteiger partial charge in [-0.15, -0.1) is 0 Å². The number of hydrogen-bond donors (Lipinski definition) is 1. The molecule has 1 saturated heterocycles. The number of benzene rings is 1. The van der Waals surface area contributed by atoms with E-state index in [4.69, 9.17) is 9.72 Å². The lowest BCUT2D eigenvalue weighted by molar-refractivity contribution is -0.136. The summed E-state index contributed by atoms with van der Waals surface area (Å²) >= 11 is 0. The zero-order valence-corrected chi connectivity index (χ0v) is 16.0. The van der Waals surface area contributed by atoms with Gasteiger partial charge in [-0.05, 0) is 43.7 Å². The lowest BCUT2D eigenvalue weighted by atomic mass is 9.84. The highest BCUT2D eigenvalue weighted by atomic mass is 16.5. The van der Waals surface area contributed by atoms with Crippen molar-refractivity contribution in [2.24, 2.45) is 5.92 Å². The number of nitrogens with one attached hydrogen (secondary N) is 1. The first-order chi connectivity index (χ1) is 13.5. The van der Waals surface area contributed by atoms with Crippen molar-refractivity contribution in [1.29, 1.82) is 0 Å². The van der Waals surface area contributed by atoms with Crippen molar-refractivity contribution in [2.75, 3.05) is 13.1 Å². The Morgan fingerprint density at radius 2 is 2.11 bits per heavy atom. The number of aryl methyl sites for hydroxylation is 1. The molecule has 146 valence electrons. The van der Waals surface area contributed by atoms with E-state index in [0.717, 1.165) is 46.3 Å². The maximum Gasteiger partial charge on any atom is 0.339 e. The van der Waals surface area contributed by atoms with Crippen LogP contribution >= 0.6 is 0 Å². The van der Waals surface area contributed by atoms with Crippen molar-refractivity contribution in [3.8, 4) is 0 Å². The minimum atomic E-state index is -1.04. The number of hydrogen-bond acceptors (Lipinski definition) is 5. The molecule has 1 aliphatic carbocycles. The van der Waals surface area contributed by atoms with Crippen molar-refractivity contribution in [3.63, 3.8) is 0 Å². The third-order valence-corrected chi connectivity index (χ3v) is 5.46. The summed E-state index contributed by atoms with van der Waals surface area (Å²) in [4.78, 5) is 43.2. The predicted molar refractivity (Wildman–Crippen MR) is 103 cm³/mol. The molecule has 0 saturated carbocycles. The molecule has 0 bridgehead atoms. The Morgan fingerprint density at radius 3 is 2.86 bits per heavy atom. The Morgan fingerprint density at radius 1 is 1.32 bits per heavy atom. The molecule has 28 heavy (non-hydrogen) atoms. The summed E-state index contributed by atoms with van der Waals surface area (Å²) in [6, 6.07) is 7.05. The van der Waals surface area contributed by atoms with Gasteiger partial charge >= 0.3 is 12.0 Å². The van der Waals surface area contributed by atoms with Gasteiger partial charge in [-0.3, -0.25) is 14.7 Å². The number of aromatic nitrogens is 1. The van der Waals surface area contributed by atoms with E-state index in [-0.39, 0.29) is 6.54 Å². The summed E-state index contributed by atoms with van der Waals surface area (Å²) in [5.41, 5.74) is 3.10. The van der Waals surface area contributed by atoms with Gasteiger partial charge in [0.2, 0.25) is 0 Å². The van der Waals surface area contributed by atoms with Gasteiger partial charge in [0, 0.05) is 24.2 Å². The Labute approximate surface area is 163 Å².